The molecule has 0 saturated carbocycles. The maximum atomic E-state index is 14.3. The Bertz CT molecular complexity index is 2410. The molecule has 0 spiro atoms. The van der Waals surface area contributed by atoms with E-state index in [9.17, 15) is 4.79 Å². The van der Waals surface area contributed by atoms with Gasteiger partial charge in [-0.15, -0.1) is 0 Å². The lowest BCUT2D eigenvalue weighted by Gasteiger charge is -2.51. The lowest BCUT2D eigenvalue weighted by atomic mass is 9.91. The van der Waals surface area contributed by atoms with E-state index in [1.165, 1.54) is 0 Å². The number of esters is 1. The summed E-state index contributed by atoms with van der Waals surface area (Å²) in [4.78, 5) is 14.3. The summed E-state index contributed by atoms with van der Waals surface area (Å²) >= 11 is 0. The summed E-state index contributed by atoms with van der Waals surface area (Å²) in [7, 11) is 1.62. The highest BCUT2D eigenvalue weighted by Crippen LogP contribution is 2.40. The maximum Gasteiger partial charge on any atom is 0.338 e. The summed E-state index contributed by atoms with van der Waals surface area (Å²) in [5.74, 6) is -0.239. The quantitative estimate of drug-likeness (QED) is 0.0721. The molecular weight excluding hydrogens is 865 g/mol. The minimum absolute atomic E-state index is 0.109. The molecule has 3 aliphatic rings. The molecule has 0 aromatic heterocycles. The molecule has 3 aliphatic heterocycles. The number of carbonyl (C=O) groups excluding carboxylic acids is 1. The third kappa shape index (κ3) is 12.1. The van der Waals surface area contributed by atoms with Crippen LogP contribution in [-0.2, 0) is 73.8 Å². The molecule has 5 unspecified atom stereocenters. The molecule has 3 saturated heterocycles. The van der Waals surface area contributed by atoms with Gasteiger partial charge in [-0.2, -0.15) is 0 Å². The highest BCUT2D eigenvalue weighted by atomic mass is 16.8. The summed E-state index contributed by atoms with van der Waals surface area (Å²) in [6, 6.07) is 56.0. The number of benzene rings is 6. The van der Waals surface area contributed by atoms with Crippen LogP contribution in [0.1, 0.15) is 51.4 Å². The molecule has 0 N–H and O–H groups in total. The van der Waals surface area contributed by atoms with Gasteiger partial charge in [0.2, 0.25) is 0 Å². The van der Waals surface area contributed by atoms with Gasteiger partial charge < -0.3 is 52.1 Å². The van der Waals surface area contributed by atoms with Gasteiger partial charge in [0, 0.05) is 11.5 Å². The Kier molecular flexibility index (Phi) is 16.3. The standard InChI is InChI=1S/C56H58O12/c1-38-48(60-33-40-20-10-4-11-21-40)49(46(36-59-32-39-18-8-3-9-19-39)64-54(38)62-35-41-22-12-5-13-23-41)68-56-52(66-53(57)43-24-14-6-15-25-43)51(61-34-42-28-30-45(58-2)31-29-42)50-47(65-56)37-63-55(67-50)44-26-16-7-17-27-44/h3-31,38,46-52,54-56H,32-37H2,1-2H3/t38?,46?,47?,48-,49+,50+,51-,52?,54+,55?,56-/m0/s1. The zero-order chi connectivity index (χ0) is 46.5. The van der Waals surface area contributed by atoms with Crippen molar-refractivity contribution < 1.29 is 56.9 Å². The van der Waals surface area contributed by atoms with E-state index in [-0.39, 0.29) is 32.3 Å². The fourth-order valence-electron chi connectivity index (χ4n) is 8.75. The Morgan fingerprint density at radius 3 is 1.71 bits per heavy atom. The van der Waals surface area contributed by atoms with Gasteiger partial charge in [0.05, 0.1) is 58.4 Å². The number of methoxy groups -OCH3 is 1. The van der Waals surface area contributed by atoms with Gasteiger partial charge >= 0.3 is 5.97 Å². The molecule has 0 radical (unpaired) electrons. The molecule has 68 heavy (non-hydrogen) atoms. The first-order valence-corrected chi connectivity index (χ1v) is 23.2. The predicted octanol–water partition coefficient (Wildman–Crippen LogP) is 9.41. The Balaban J connectivity index is 1.07. The van der Waals surface area contributed by atoms with Crippen LogP contribution in [0.5, 0.6) is 5.75 Å². The molecule has 6 aromatic carbocycles. The Morgan fingerprint density at radius 1 is 0.544 bits per heavy atom. The smallest absolute Gasteiger partial charge is 0.338 e. The molecule has 3 heterocycles. The van der Waals surface area contributed by atoms with Gasteiger partial charge in [0.25, 0.3) is 0 Å². The zero-order valence-electron chi connectivity index (χ0n) is 38.2. The second kappa shape index (κ2) is 23.5. The first kappa shape index (κ1) is 47.3. The fourth-order valence-corrected chi connectivity index (χ4v) is 8.75. The highest BCUT2D eigenvalue weighted by Gasteiger charge is 2.56. The summed E-state index contributed by atoms with van der Waals surface area (Å²) in [5, 5.41) is 0. The van der Waals surface area contributed by atoms with Crippen molar-refractivity contribution in [3.05, 3.63) is 209 Å². The zero-order valence-corrected chi connectivity index (χ0v) is 38.2. The molecule has 12 nitrogen and oxygen atoms in total. The van der Waals surface area contributed by atoms with E-state index in [0.717, 1.165) is 27.8 Å². The van der Waals surface area contributed by atoms with Crippen LogP contribution in [0.25, 0.3) is 0 Å². The van der Waals surface area contributed by atoms with Crippen molar-refractivity contribution in [2.75, 3.05) is 20.3 Å². The molecule has 0 amide bonds. The lowest BCUT2D eigenvalue weighted by Crippen LogP contribution is -2.66. The molecule has 354 valence electrons. The van der Waals surface area contributed by atoms with Gasteiger partial charge in [0.1, 0.15) is 36.3 Å². The van der Waals surface area contributed by atoms with Crippen LogP contribution in [0.2, 0.25) is 0 Å². The van der Waals surface area contributed by atoms with E-state index in [4.69, 9.17) is 52.1 Å². The first-order chi connectivity index (χ1) is 33.5. The van der Waals surface area contributed by atoms with Crippen molar-refractivity contribution >= 4 is 5.97 Å². The molecule has 9 rings (SSSR count). The van der Waals surface area contributed by atoms with Crippen LogP contribution in [-0.4, -0.2) is 81.6 Å². The largest absolute Gasteiger partial charge is 0.497 e. The number of rotatable bonds is 19. The van der Waals surface area contributed by atoms with Crippen molar-refractivity contribution in [3.8, 4) is 5.75 Å². The molecule has 0 bridgehead atoms. The summed E-state index contributed by atoms with van der Waals surface area (Å²) in [5.41, 5.74) is 5.02. The average Bonchev–Trinajstić information content (AvgIpc) is 3.40. The third-order valence-electron chi connectivity index (χ3n) is 12.4. The molecule has 3 fully saturated rings. The average molecular weight is 923 g/mol. The normalized spacial score (nSPS) is 26.9. The number of hydrogen-bond donors (Lipinski definition) is 0. The maximum absolute atomic E-state index is 14.3. The van der Waals surface area contributed by atoms with E-state index >= 15 is 0 Å². The van der Waals surface area contributed by atoms with E-state index in [1.807, 2.05) is 159 Å². The third-order valence-corrected chi connectivity index (χ3v) is 12.4. The second-order valence-corrected chi connectivity index (χ2v) is 17.1. The Labute approximate surface area is 397 Å². The topological polar surface area (TPSA) is 119 Å². The lowest BCUT2D eigenvalue weighted by molar-refractivity contribution is -0.388. The number of fused-ring (bicyclic) bond motifs is 1. The summed E-state index contributed by atoms with van der Waals surface area (Å²) in [6.45, 7) is 3.33. The van der Waals surface area contributed by atoms with Gasteiger partial charge in [-0.3, -0.25) is 0 Å². The van der Waals surface area contributed by atoms with Crippen molar-refractivity contribution in [1.82, 2.24) is 0 Å². The van der Waals surface area contributed by atoms with Crippen LogP contribution in [0.3, 0.4) is 0 Å². The number of ether oxygens (including phenoxy) is 11. The Morgan fingerprint density at radius 2 is 1.09 bits per heavy atom. The van der Waals surface area contributed by atoms with Gasteiger partial charge in [-0.25, -0.2) is 4.79 Å². The number of carbonyl (C=O) groups is 1. The van der Waals surface area contributed by atoms with Crippen molar-refractivity contribution in [1.29, 1.82) is 0 Å². The van der Waals surface area contributed by atoms with Gasteiger partial charge in [-0.05, 0) is 46.5 Å². The van der Waals surface area contributed by atoms with E-state index in [0.29, 0.717) is 24.5 Å². The van der Waals surface area contributed by atoms with E-state index in [1.54, 1.807) is 31.4 Å². The molecule has 6 aromatic rings. The van der Waals surface area contributed by atoms with Crippen molar-refractivity contribution in [2.45, 2.75) is 94.9 Å². The van der Waals surface area contributed by atoms with Crippen molar-refractivity contribution in [3.63, 3.8) is 0 Å². The summed E-state index contributed by atoms with van der Waals surface area (Å²) < 4.78 is 73.0. The molecule has 0 aliphatic carbocycles. The van der Waals surface area contributed by atoms with E-state index < -0.39 is 67.6 Å². The molecule has 12 heteroatoms. The van der Waals surface area contributed by atoms with Crippen LogP contribution in [0.15, 0.2) is 176 Å². The molecular formula is C56H58O12. The van der Waals surface area contributed by atoms with Crippen LogP contribution in [0.4, 0.5) is 0 Å². The fraction of sp³-hybridized carbons (Fsp3) is 0.339. The second-order valence-electron chi connectivity index (χ2n) is 17.1. The van der Waals surface area contributed by atoms with Gasteiger partial charge in [-0.1, -0.05) is 159 Å². The Hall–Kier alpha value is -5.77. The van der Waals surface area contributed by atoms with Crippen LogP contribution >= 0.6 is 0 Å². The minimum Gasteiger partial charge on any atom is -0.497 e. The van der Waals surface area contributed by atoms with Crippen LogP contribution in [0, 0.1) is 5.92 Å². The SMILES string of the molecule is COc1ccc(CO[C@@H]2C(OC(=O)c3ccccc3)[C@H](O[C@@H]3C(COCc4ccccc4)O[C@@H](OCc4ccccc4)C(C)[C@@H]3OCc3ccccc3)OC3COC(c4ccccc4)O[C@H]32)cc1. The van der Waals surface area contributed by atoms with Crippen LogP contribution < -0.4 is 4.74 Å². The van der Waals surface area contributed by atoms with Gasteiger partial charge in [0.15, 0.2) is 25.0 Å². The minimum atomic E-state index is -1.23. The number of hydrogen-bond acceptors (Lipinski definition) is 12. The predicted molar refractivity (Wildman–Crippen MR) is 251 cm³/mol. The monoisotopic (exact) mass is 922 g/mol. The van der Waals surface area contributed by atoms with E-state index in [2.05, 4.69) is 0 Å². The highest BCUT2D eigenvalue weighted by molar-refractivity contribution is 5.89. The van der Waals surface area contributed by atoms with Crippen molar-refractivity contribution in [2.24, 2.45) is 5.92 Å². The summed E-state index contributed by atoms with van der Waals surface area (Å²) in [6.07, 6.45) is -8.44. The first-order valence-electron chi connectivity index (χ1n) is 23.2. The molecule has 11 atom stereocenters.